The number of fused-ring (bicyclic) bond motifs is 1. The molecule has 13 nitrogen and oxygen atoms in total. The van der Waals surface area contributed by atoms with Crippen molar-refractivity contribution in [3.63, 3.8) is 0 Å². The molecule has 1 aliphatic heterocycles. The Labute approximate surface area is 312 Å². The third kappa shape index (κ3) is 10.7. The number of aromatic hydroxyl groups is 1. The first-order valence-corrected chi connectivity index (χ1v) is 20.2. The van der Waals surface area contributed by atoms with Crippen LogP contribution in [0.3, 0.4) is 0 Å². The fraction of sp³-hybridized carbons (Fsp3) is 0.538. The summed E-state index contributed by atoms with van der Waals surface area (Å²) < 4.78 is 47.6. The number of ether oxygens (including phenoxy) is 2. The predicted molar refractivity (Wildman–Crippen MR) is 205 cm³/mol. The van der Waals surface area contributed by atoms with E-state index in [2.05, 4.69) is 16.6 Å². The van der Waals surface area contributed by atoms with Crippen molar-refractivity contribution in [2.75, 3.05) is 31.0 Å². The van der Waals surface area contributed by atoms with E-state index in [9.17, 15) is 27.9 Å². The summed E-state index contributed by atoms with van der Waals surface area (Å²) in [4.78, 5) is 41.8. The zero-order chi connectivity index (χ0) is 38.4. The number of rotatable bonds is 22. The van der Waals surface area contributed by atoms with Gasteiger partial charge in [0, 0.05) is 13.5 Å². The average molecular weight is 755 g/mol. The van der Waals surface area contributed by atoms with Crippen molar-refractivity contribution in [2.45, 2.75) is 121 Å². The minimum absolute atomic E-state index is 0.0480. The number of benzene rings is 2. The van der Waals surface area contributed by atoms with Crippen LogP contribution < -0.4 is 20.7 Å². The van der Waals surface area contributed by atoms with Crippen LogP contribution in [0.25, 0.3) is 0 Å². The van der Waals surface area contributed by atoms with Crippen molar-refractivity contribution in [3.05, 3.63) is 64.3 Å². The van der Waals surface area contributed by atoms with E-state index in [0.29, 0.717) is 11.0 Å². The quantitative estimate of drug-likeness (QED) is 0.0763. The van der Waals surface area contributed by atoms with Gasteiger partial charge in [0.25, 0.3) is 15.9 Å². The largest absolute Gasteiger partial charge is 0.495 e. The number of para-hydroxylation sites is 1. The molecule has 4 rings (SSSR count). The Morgan fingerprint density at radius 2 is 1.53 bits per heavy atom. The number of oxazole rings is 1. The number of methoxy groups -OCH3 is 1. The summed E-state index contributed by atoms with van der Waals surface area (Å²) in [6.45, 7) is 4.40. The lowest BCUT2D eigenvalue weighted by Crippen LogP contribution is -2.45. The Balaban J connectivity index is 1.48. The first-order valence-electron chi connectivity index (χ1n) is 18.8. The number of esters is 1. The Morgan fingerprint density at radius 3 is 2.17 bits per heavy atom. The summed E-state index contributed by atoms with van der Waals surface area (Å²) in [6, 6.07) is 8.64. The van der Waals surface area contributed by atoms with Crippen LogP contribution in [0.2, 0.25) is 0 Å². The smallest absolute Gasteiger partial charge is 0.423 e. The molecule has 1 atom stereocenters. The topological polar surface area (TPSA) is 170 Å². The number of hydrogen-bond donors (Lipinski definition) is 2. The molecule has 0 fully saturated rings. The summed E-state index contributed by atoms with van der Waals surface area (Å²) in [5, 5.41) is 13.8. The number of hydrogen-bond acceptors (Lipinski definition) is 10. The molecule has 0 bridgehead atoms. The van der Waals surface area contributed by atoms with E-state index < -0.39 is 39.6 Å². The maximum atomic E-state index is 14.3. The zero-order valence-electron chi connectivity index (χ0n) is 31.4. The molecule has 3 aromatic rings. The van der Waals surface area contributed by atoms with Gasteiger partial charge in [0.2, 0.25) is 5.88 Å². The Kier molecular flexibility index (Phi) is 15.6. The predicted octanol–water partition coefficient (Wildman–Crippen LogP) is 7.77. The van der Waals surface area contributed by atoms with Gasteiger partial charge < -0.3 is 29.2 Å². The molecule has 53 heavy (non-hydrogen) atoms. The number of anilines is 2. The third-order valence-corrected chi connectivity index (χ3v) is 10.7. The lowest BCUT2D eigenvalue weighted by molar-refractivity contribution is -0.117. The number of unbranched alkanes of at least 4 members (excludes halogenated alkanes) is 12. The molecule has 0 radical (unpaired) electrons. The molecule has 0 spiro atoms. The van der Waals surface area contributed by atoms with Gasteiger partial charge in [-0.15, -0.1) is 4.40 Å². The van der Waals surface area contributed by atoms with Gasteiger partial charge in [-0.2, -0.15) is 8.42 Å². The molecule has 2 heterocycles. The molecule has 0 aliphatic carbocycles. The van der Waals surface area contributed by atoms with Crippen molar-refractivity contribution in [1.82, 2.24) is 4.57 Å². The second-order valence-corrected chi connectivity index (χ2v) is 14.9. The van der Waals surface area contributed by atoms with Gasteiger partial charge in [0.15, 0.2) is 17.6 Å². The van der Waals surface area contributed by atoms with Gasteiger partial charge >= 0.3 is 11.7 Å². The van der Waals surface area contributed by atoms with Gasteiger partial charge in [0.05, 0.1) is 30.7 Å². The Bertz CT molecular complexity index is 1880. The molecule has 1 amide bonds. The molecule has 290 valence electrons. The molecular formula is C39H54N4O9S. The summed E-state index contributed by atoms with van der Waals surface area (Å²) in [5.74, 6) is -3.48. The minimum atomic E-state index is -4.32. The number of aromatic nitrogens is 1. The molecule has 2 aromatic carbocycles. The monoisotopic (exact) mass is 754 g/mol. The number of nitrogens with zero attached hydrogens (tertiary/aromatic N) is 3. The number of aryl methyl sites for hydroxylation is 1. The first-order chi connectivity index (χ1) is 25.5. The van der Waals surface area contributed by atoms with E-state index in [-0.39, 0.29) is 52.2 Å². The molecule has 1 aromatic heterocycles. The van der Waals surface area contributed by atoms with Gasteiger partial charge in [-0.05, 0) is 43.2 Å². The van der Waals surface area contributed by atoms with E-state index in [1.54, 1.807) is 12.1 Å². The first kappa shape index (κ1) is 41.2. The number of carbonyl (C=O) groups is 2. The molecule has 0 saturated heterocycles. The van der Waals surface area contributed by atoms with Crippen molar-refractivity contribution >= 4 is 39.1 Å². The number of nitrogens with one attached hydrogen (secondary N) is 1. The van der Waals surface area contributed by atoms with Crippen molar-refractivity contribution in [1.29, 1.82) is 0 Å². The normalized spacial score (nSPS) is 14.0. The maximum Gasteiger partial charge on any atom is 0.423 e. The van der Waals surface area contributed by atoms with E-state index in [1.165, 1.54) is 101 Å². The molecular weight excluding hydrogens is 701 g/mol. The van der Waals surface area contributed by atoms with Crippen LogP contribution in [0.15, 0.2) is 61.0 Å². The van der Waals surface area contributed by atoms with Crippen LogP contribution in [0.4, 0.5) is 11.4 Å². The minimum Gasteiger partial charge on any atom is -0.495 e. The standard InChI is InChI=1S/C39H54N4O9S/c1-5-7-9-10-11-12-13-14-15-16-17-20-26-51-38(46)28-24-25-31(50-4)29(27-28)40-36(44)34(43-37(45)32(22-8-6-2)52-39(43)47)35-41-53(48,49)33-23-19-18-21-30(33)42(35)3/h18-19,21,23-25,27,34,45H,5-17,20,22,26H2,1-4H3,(H,40,44). The summed E-state index contributed by atoms with van der Waals surface area (Å²) in [7, 11) is -1.44. The van der Waals surface area contributed by atoms with Crippen LogP contribution in [-0.2, 0) is 26.0 Å². The highest BCUT2D eigenvalue weighted by atomic mass is 32.2. The summed E-state index contributed by atoms with van der Waals surface area (Å²) in [6.07, 6.45) is 15.8. The van der Waals surface area contributed by atoms with E-state index >= 15 is 0 Å². The second kappa shape index (κ2) is 20.0. The van der Waals surface area contributed by atoms with Crippen LogP contribution in [0.1, 0.15) is 126 Å². The number of carbonyl (C=O) groups excluding carboxylic acids is 2. The highest BCUT2D eigenvalue weighted by Crippen LogP contribution is 2.35. The average Bonchev–Trinajstić information content (AvgIpc) is 3.42. The maximum absolute atomic E-state index is 14.3. The Morgan fingerprint density at radius 1 is 0.906 bits per heavy atom. The third-order valence-electron chi connectivity index (χ3n) is 9.38. The van der Waals surface area contributed by atoms with Crippen molar-refractivity contribution in [3.8, 4) is 11.6 Å². The lowest BCUT2D eigenvalue weighted by atomic mass is 10.1. The molecule has 2 N–H and O–H groups in total. The molecule has 0 saturated carbocycles. The number of amidine groups is 1. The van der Waals surface area contributed by atoms with E-state index in [1.807, 2.05) is 6.92 Å². The summed E-state index contributed by atoms with van der Waals surface area (Å²) in [5.41, 5.74) is 0.408. The van der Waals surface area contributed by atoms with Crippen LogP contribution in [0.5, 0.6) is 11.6 Å². The van der Waals surface area contributed by atoms with Gasteiger partial charge in [-0.25, -0.2) is 14.2 Å². The highest BCUT2D eigenvalue weighted by molar-refractivity contribution is 7.90. The molecule has 1 aliphatic rings. The number of likely N-dealkylation sites (N-methyl/N-ethyl adjacent to an activating group) is 1. The fourth-order valence-electron chi connectivity index (χ4n) is 6.37. The highest BCUT2D eigenvalue weighted by Gasteiger charge is 2.40. The van der Waals surface area contributed by atoms with Gasteiger partial charge in [-0.1, -0.05) is 103 Å². The summed E-state index contributed by atoms with van der Waals surface area (Å²) >= 11 is 0. The Hall–Kier alpha value is -4.59. The molecule has 14 heteroatoms. The SMILES string of the molecule is CCCCCCCCCCCCCCOC(=O)c1ccc(OC)c(NC(=O)C(C2=NS(=O)(=O)c3ccccc3N2C)n2c(O)c(CCCC)oc2=O)c1. The second-order valence-electron chi connectivity index (χ2n) is 13.4. The van der Waals surface area contributed by atoms with Crippen LogP contribution in [-0.4, -0.2) is 56.6 Å². The van der Waals surface area contributed by atoms with Crippen molar-refractivity contribution in [2.24, 2.45) is 4.40 Å². The number of amides is 1. The number of sulfonamides is 1. The van der Waals surface area contributed by atoms with Crippen LogP contribution in [0, 0.1) is 0 Å². The van der Waals surface area contributed by atoms with Crippen molar-refractivity contribution < 1.29 is 37.0 Å². The fourth-order valence-corrected chi connectivity index (χ4v) is 7.65. The van der Waals surface area contributed by atoms with Gasteiger partial charge in [0.1, 0.15) is 10.6 Å². The van der Waals surface area contributed by atoms with E-state index in [0.717, 1.165) is 32.1 Å². The van der Waals surface area contributed by atoms with Gasteiger partial charge in [-0.3, -0.25) is 4.79 Å². The lowest BCUT2D eigenvalue weighted by Gasteiger charge is -2.31. The van der Waals surface area contributed by atoms with Crippen LogP contribution >= 0.6 is 0 Å². The van der Waals surface area contributed by atoms with E-state index in [4.69, 9.17) is 13.9 Å². The molecule has 1 unspecified atom stereocenters. The zero-order valence-corrected chi connectivity index (χ0v) is 32.2.